The number of aromatic nitrogens is 3. The minimum Gasteiger partial charge on any atom is -0.291 e. The number of rotatable bonds is 2. The van der Waals surface area contributed by atoms with Crippen LogP contribution in [0.4, 0.5) is 5.95 Å². The minimum absolute atomic E-state index is 0.279. The third kappa shape index (κ3) is 2.23. The molecule has 7 heteroatoms. The van der Waals surface area contributed by atoms with Gasteiger partial charge >= 0.3 is 0 Å². The number of amides is 1. The van der Waals surface area contributed by atoms with E-state index in [1.54, 1.807) is 18.2 Å². The molecule has 1 amide bonds. The molecule has 16 heavy (non-hydrogen) atoms. The first-order valence-corrected chi connectivity index (χ1v) is 5.46. The lowest BCUT2D eigenvalue weighted by molar-refractivity contribution is 0.102. The smallest absolute Gasteiger partial charge is 0.259 e. The average Bonchev–Trinajstić information content (AvgIpc) is 2.74. The van der Waals surface area contributed by atoms with Gasteiger partial charge in [0.2, 0.25) is 5.95 Å². The number of hydrogen-bond acceptors (Lipinski definition) is 3. The number of hydrogen-bond donors (Lipinski definition) is 2. The fourth-order valence-corrected chi connectivity index (χ4v) is 1.70. The summed E-state index contributed by atoms with van der Waals surface area (Å²) in [5, 5.41) is 9.03. The van der Waals surface area contributed by atoms with Crippen molar-refractivity contribution < 1.29 is 4.79 Å². The van der Waals surface area contributed by atoms with Gasteiger partial charge in [0.1, 0.15) is 6.33 Å². The Bertz CT molecular complexity index is 514. The molecule has 1 aromatic heterocycles. The summed E-state index contributed by atoms with van der Waals surface area (Å²) in [6.07, 6.45) is 1.30. The lowest BCUT2D eigenvalue weighted by Gasteiger charge is -2.04. The maximum atomic E-state index is 11.8. The van der Waals surface area contributed by atoms with Crippen LogP contribution in [0.5, 0.6) is 0 Å². The lowest BCUT2D eigenvalue weighted by atomic mass is 10.2. The summed E-state index contributed by atoms with van der Waals surface area (Å²) >= 11 is 9.22. The predicted molar refractivity (Wildman–Crippen MR) is 63.5 cm³/mol. The second kappa shape index (κ2) is 4.63. The van der Waals surface area contributed by atoms with E-state index in [-0.39, 0.29) is 11.9 Å². The largest absolute Gasteiger partial charge is 0.291 e. The number of carbonyl (C=O) groups is 1. The molecule has 2 rings (SSSR count). The number of aromatic amines is 1. The fourth-order valence-electron chi connectivity index (χ4n) is 1.12. The number of halogens is 2. The van der Waals surface area contributed by atoms with Gasteiger partial charge in [-0.1, -0.05) is 17.7 Å². The van der Waals surface area contributed by atoms with Crippen molar-refractivity contribution in [3.05, 3.63) is 39.6 Å². The van der Waals surface area contributed by atoms with E-state index in [0.717, 1.165) is 0 Å². The molecule has 5 nitrogen and oxygen atoms in total. The molecular formula is C9H6BrClN4O. The molecule has 0 aliphatic rings. The zero-order valence-electron chi connectivity index (χ0n) is 7.87. The van der Waals surface area contributed by atoms with Crippen LogP contribution >= 0.6 is 27.5 Å². The molecule has 0 fully saturated rings. The predicted octanol–water partition coefficient (Wildman–Crippen LogP) is 2.47. The topological polar surface area (TPSA) is 70.7 Å². The molecule has 1 heterocycles. The number of H-pyrrole nitrogens is 1. The van der Waals surface area contributed by atoms with E-state index < -0.39 is 0 Å². The highest BCUT2D eigenvalue weighted by Crippen LogP contribution is 2.26. The third-order valence-corrected chi connectivity index (χ3v) is 3.14. The first-order chi connectivity index (χ1) is 7.68. The third-order valence-electron chi connectivity index (χ3n) is 1.84. The van der Waals surface area contributed by atoms with Gasteiger partial charge in [-0.15, -0.1) is 0 Å². The van der Waals surface area contributed by atoms with Crippen LogP contribution in [0, 0.1) is 0 Å². The van der Waals surface area contributed by atoms with Crippen molar-refractivity contribution in [2.24, 2.45) is 0 Å². The Kier molecular flexibility index (Phi) is 3.21. The maximum absolute atomic E-state index is 11.8. The molecule has 0 aliphatic heterocycles. The van der Waals surface area contributed by atoms with Gasteiger partial charge in [0, 0.05) is 4.47 Å². The highest BCUT2D eigenvalue weighted by atomic mass is 79.9. The van der Waals surface area contributed by atoms with Crippen molar-refractivity contribution >= 4 is 39.4 Å². The quantitative estimate of drug-likeness (QED) is 0.895. The van der Waals surface area contributed by atoms with Crippen molar-refractivity contribution in [3.8, 4) is 0 Å². The highest BCUT2D eigenvalue weighted by Gasteiger charge is 2.13. The van der Waals surface area contributed by atoms with Crippen LogP contribution in [-0.4, -0.2) is 21.1 Å². The van der Waals surface area contributed by atoms with Crippen molar-refractivity contribution in [1.82, 2.24) is 15.2 Å². The molecule has 0 spiro atoms. The first kappa shape index (κ1) is 11.1. The summed E-state index contributed by atoms with van der Waals surface area (Å²) in [6, 6.07) is 5.11. The van der Waals surface area contributed by atoms with E-state index >= 15 is 0 Å². The van der Waals surface area contributed by atoms with E-state index in [1.807, 2.05) is 0 Å². The number of carbonyl (C=O) groups excluding carboxylic acids is 1. The van der Waals surface area contributed by atoms with Crippen LogP contribution in [0.1, 0.15) is 10.4 Å². The lowest BCUT2D eigenvalue weighted by Crippen LogP contribution is -2.13. The van der Waals surface area contributed by atoms with Crippen LogP contribution in [0.25, 0.3) is 0 Å². The fraction of sp³-hybridized carbons (Fsp3) is 0. The molecule has 0 atom stereocenters. The maximum Gasteiger partial charge on any atom is 0.259 e. The van der Waals surface area contributed by atoms with Gasteiger partial charge in [0.15, 0.2) is 0 Å². The number of nitrogens with one attached hydrogen (secondary N) is 2. The molecule has 0 bridgehead atoms. The van der Waals surface area contributed by atoms with Gasteiger partial charge in [0.25, 0.3) is 5.91 Å². The Balaban J connectivity index is 2.24. The first-order valence-electron chi connectivity index (χ1n) is 4.29. The molecule has 2 N–H and O–H groups in total. The van der Waals surface area contributed by atoms with E-state index in [4.69, 9.17) is 11.6 Å². The zero-order valence-corrected chi connectivity index (χ0v) is 10.2. The molecule has 0 radical (unpaired) electrons. The molecule has 82 valence electrons. The second-order valence-corrected chi connectivity index (χ2v) is 4.12. The van der Waals surface area contributed by atoms with Crippen LogP contribution < -0.4 is 5.32 Å². The van der Waals surface area contributed by atoms with Gasteiger partial charge in [-0.3, -0.25) is 10.1 Å². The van der Waals surface area contributed by atoms with Crippen molar-refractivity contribution in [3.63, 3.8) is 0 Å². The Morgan fingerprint density at radius 1 is 1.50 bits per heavy atom. The van der Waals surface area contributed by atoms with Gasteiger partial charge in [-0.05, 0) is 28.1 Å². The van der Waals surface area contributed by atoms with Gasteiger partial charge in [-0.25, -0.2) is 5.10 Å². The van der Waals surface area contributed by atoms with Crippen LogP contribution in [-0.2, 0) is 0 Å². The van der Waals surface area contributed by atoms with Gasteiger partial charge in [0.05, 0.1) is 10.6 Å². The SMILES string of the molecule is O=C(Nc1ncn[nH]1)c1cccc(Br)c1Cl. The van der Waals surface area contributed by atoms with E-state index in [1.165, 1.54) is 6.33 Å². The minimum atomic E-state index is -0.344. The Morgan fingerprint density at radius 3 is 3.00 bits per heavy atom. The Morgan fingerprint density at radius 2 is 2.31 bits per heavy atom. The zero-order chi connectivity index (χ0) is 11.5. The van der Waals surface area contributed by atoms with E-state index in [0.29, 0.717) is 15.1 Å². The Hall–Kier alpha value is -1.40. The number of benzene rings is 1. The summed E-state index contributed by atoms with van der Waals surface area (Å²) in [5.74, 6) is -0.0657. The molecule has 0 aliphatic carbocycles. The number of nitrogens with zero attached hydrogens (tertiary/aromatic N) is 2. The monoisotopic (exact) mass is 300 g/mol. The number of anilines is 1. The summed E-state index contributed by atoms with van der Waals surface area (Å²) in [6.45, 7) is 0. The Labute approximate surface area is 104 Å². The summed E-state index contributed by atoms with van der Waals surface area (Å²) in [4.78, 5) is 15.6. The standard InChI is InChI=1S/C9H6BrClN4O/c10-6-3-1-2-5(7(6)11)8(16)14-9-12-4-13-15-9/h1-4H,(H2,12,13,14,15,16). The average molecular weight is 302 g/mol. The summed E-state index contributed by atoms with van der Waals surface area (Å²) < 4.78 is 0.666. The van der Waals surface area contributed by atoms with E-state index in [9.17, 15) is 4.79 Å². The molecule has 0 saturated carbocycles. The normalized spacial score (nSPS) is 10.1. The summed E-state index contributed by atoms with van der Waals surface area (Å²) in [7, 11) is 0. The van der Waals surface area contributed by atoms with Crippen molar-refractivity contribution in [1.29, 1.82) is 0 Å². The van der Waals surface area contributed by atoms with Gasteiger partial charge in [-0.2, -0.15) is 10.1 Å². The van der Waals surface area contributed by atoms with Gasteiger partial charge < -0.3 is 0 Å². The second-order valence-electron chi connectivity index (χ2n) is 2.89. The van der Waals surface area contributed by atoms with Crippen LogP contribution in [0.3, 0.4) is 0 Å². The highest BCUT2D eigenvalue weighted by molar-refractivity contribution is 9.10. The molecule has 0 saturated heterocycles. The van der Waals surface area contributed by atoms with Crippen LogP contribution in [0.15, 0.2) is 29.0 Å². The molecule has 2 aromatic rings. The molecule has 1 aromatic carbocycles. The molecule has 0 unspecified atom stereocenters. The van der Waals surface area contributed by atoms with Crippen LogP contribution in [0.2, 0.25) is 5.02 Å². The molecular weight excluding hydrogens is 295 g/mol. The van der Waals surface area contributed by atoms with Crippen molar-refractivity contribution in [2.45, 2.75) is 0 Å². The van der Waals surface area contributed by atoms with Crippen molar-refractivity contribution in [2.75, 3.05) is 5.32 Å². The summed E-state index contributed by atoms with van der Waals surface area (Å²) in [5.41, 5.74) is 0.368. The van der Waals surface area contributed by atoms with E-state index in [2.05, 4.69) is 36.4 Å².